The monoisotopic (exact) mass is 408 g/mol. The third-order valence-electron chi connectivity index (χ3n) is 3.75. The molecule has 0 heterocycles. The Bertz CT molecular complexity index is 787. The highest BCUT2D eigenvalue weighted by atomic mass is 35.5. The Balaban J connectivity index is 2.95. The van der Waals surface area contributed by atoms with Crippen molar-refractivity contribution < 1.29 is 14.3 Å². The molecule has 27 heavy (non-hydrogen) atoms. The minimum atomic E-state index is -0.337. The van der Waals surface area contributed by atoms with Gasteiger partial charge in [0.1, 0.15) is 5.75 Å². The number of allylic oxidation sites excluding steroid dienone is 6. The second kappa shape index (κ2) is 11.7. The quantitative estimate of drug-likeness (QED) is 0.276. The summed E-state index contributed by atoms with van der Waals surface area (Å²) >= 11 is 12.8. The van der Waals surface area contributed by atoms with Crippen LogP contribution in [0.25, 0.3) is 6.08 Å². The van der Waals surface area contributed by atoms with Gasteiger partial charge in [-0.05, 0) is 38.8 Å². The first-order valence-corrected chi connectivity index (χ1v) is 9.52. The Kier molecular flexibility index (Phi) is 9.98. The molecule has 0 saturated carbocycles. The number of benzene rings is 1. The highest BCUT2D eigenvalue weighted by molar-refractivity contribution is 6.38. The lowest BCUT2D eigenvalue weighted by atomic mass is 10.1. The van der Waals surface area contributed by atoms with E-state index < -0.39 is 0 Å². The molecule has 0 N–H and O–H groups in total. The normalized spacial score (nSPS) is 12.9. The summed E-state index contributed by atoms with van der Waals surface area (Å²) < 4.78 is 10.2. The van der Waals surface area contributed by atoms with Crippen LogP contribution in [-0.4, -0.2) is 19.7 Å². The van der Waals surface area contributed by atoms with E-state index in [-0.39, 0.29) is 5.97 Å². The van der Waals surface area contributed by atoms with Crippen LogP contribution in [0.1, 0.15) is 38.8 Å². The van der Waals surface area contributed by atoms with Gasteiger partial charge in [0.2, 0.25) is 0 Å². The fourth-order valence-corrected chi connectivity index (χ4v) is 3.06. The molecule has 5 heteroatoms. The van der Waals surface area contributed by atoms with Gasteiger partial charge in [0.25, 0.3) is 0 Å². The van der Waals surface area contributed by atoms with Crippen molar-refractivity contribution in [3.05, 3.63) is 68.8 Å². The minimum absolute atomic E-state index is 0.337. The average Bonchev–Trinajstić information content (AvgIpc) is 2.61. The van der Waals surface area contributed by atoms with Gasteiger partial charge in [0, 0.05) is 17.2 Å². The summed E-state index contributed by atoms with van der Waals surface area (Å²) in [5.74, 6) is 0.361. The molecule has 0 spiro atoms. The molecule has 0 bridgehead atoms. The van der Waals surface area contributed by atoms with Gasteiger partial charge in [-0.3, -0.25) is 0 Å². The van der Waals surface area contributed by atoms with E-state index >= 15 is 0 Å². The molecule has 0 radical (unpaired) electrons. The van der Waals surface area contributed by atoms with E-state index in [1.807, 2.05) is 51.2 Å². The summed E-state index contributed by atoms with van der Waals surface area (Å²) in [6.45, 7) is 7.98. The van der Waals surface area contributed by atoms with Gasteiger partial charge in [-0.15, -0.1) is 0 Å². The first-order chi connectivity index (χ1) is 12.8. The number of rotatable bonds is 8. The number of carbonyl (C=O) groups is 1. The Morgan fingerprint density at radius 1 is 1.15 bits per heavy atom. The van der Waals surface area contributed by atoms with Crippen LogP contribution < -0.4 is 4.74 Å². The lowest BCUT2D eigenvalue weighted by Crippen LogP contribution is -1.99. The van der Waals surface area contributed by atoms with Crippen LogP contribution >= 0.6 is 23.2 Å². The van der Waals surface area contributed by atoms with Crippen LogP contribution in [0.3, 0.4) is 0 Å². The molecule has 0 atom stereocenters. The van der Waals surface area contributed by atoms with Crippen molar-refractivity contribution >= 4 is 35.2 Å². The largest absolute Gasteiger partial charge is 0.496 e. The Morgan fingerprint density at radius 2 is 1.85 bits per heavy atom. The van der Waals surface area contributed by atoms with E-state index in [4.69, 9.17) is 32.7 Å². The van der Waals surface area contributed by atoms with Crippen LogP contribution in [0.4, 0.5) is 0 Å². The van der Waals surface area contributed by atoms with Crippen molar-refractivity contribution in [1.29, 1.82) is 0 Å². The minimum Gasteiger partial charge on any atom is -0.496 e. The molecule has 3 nitrogen and oxygen atoms in total. The molecule has 0 fully saturated rings. The van der Waals surface area contributed by atoms with Crippen molar-refractivity contribution in [2.75, 3.05) is 13.7 Å². The van der Waals surface area contributed by atoms with E-state index in [0.29, 0.717) is 22.4 Å². The van der Waals surface area contributed by atoms with Crippen molar-refractivity contribution in [1.82, 2.24) is 0 Å². The number of methoxy groups -OCH3 is 1. The fourth-order valence-electron chi connectivity index (χ4n) is 2.36. The topological polar surface area (TPSA) is 35.5 Å². The maximum atomic E-state index is 11.4. The number of esters is 1. The molecule has 0 aromatic heterocycles. The molecule has 1 aromatic rings. The number of hydrogen-bond donors (Lipinski definition) is 0. The predicted octanol–water partition coefficient (Wildman–Crippen LogP) is 6.59. The predicted molar refractivity (Wildman–Crippen MR) is 115 cm³/mol. The van der Waals surface area contributed by atoms with E-state index in [9.17, 15) is 4.79 Å². The Labute approximate surface area is 172 Å². The molecular weight excluding hydrogens is 383 g/mol. The molecular formula is C22H26Cl2O3. The van der Waals surface area contributed by atoms with Crippen LogP contribution in [0, 0.1) is 0 Å². The van der Waals surface area contributed by atoms with Gasteiger partial charge in [-0.1, -0.05) is 66.1 Å². The van der Waals surface area contributed by atoms with Gasteiger partial charge in [0.05, 0.1) is 23.8 Å². The fraction of sp³-hybridized carbons (Fsp3) is 0.318. The SMILES string of the molecule is CCOC(=O)/C=C(C)/C=C/C=C(C)/C=C/c1c(Cl)cc(OC)c(CC)c1Cl. The number of halogens is 2. The van der Waals surface area contributed by atoms with Crippen molar-refractivity contribution in [3.8, 4) is 5.75 Å². The van der Waals surface area contributed by atoms with Crippen LogP contribution in [0.5, 0.6) is 5.75 Å². The third kappa shape index (κ3) is 7.28. The summed E-state index contributed by atoms with van der Waals surface area (Å²) in [6, 6.07) is 1.79. The highest BCUT2D eigenvalue weighted by Crippen LogP contribution is 2.36. The summed E-state index contributed by atoms with van der Waals surface area (Å²) in [7, 11) is 1.61. The van der Waals surface area contributed by atoms with Crippen molar-refractivity contribution in [2.24, 2.45) is 0 Å². The lowest BCUT2D eigenvalue weighted by molar-refractivity contribution is -0.137. The first-order valence-electron chi connectivity index (χ1n) is 8.76. The van der Waals surface area contributed by atoms with Crippen LogP contribution in [0.15, 0.2) is 47.6 Å². The highest BCUT2D eigenvalue weighted by Gasteiger charge is 2.13. The third-order valence-corrected chi connectivity index (χ3v) is 4.50. The van der Waals surface area contributed by atoms with Gasteiger partial charge in [0.15, 0.2) is 0 Å². The molecule has 0 unspecified atom stereocenters. The molecule has 0 saturated heterocycles. The van der Waals surface area contributed by atoms with Gasteiger partial charge < -0.3 is 9.47 Å². The van der Waals surface area contributed by atoms with Gasteiger partial charge in [-0.25, -0.2) is 4.79 Å². The smallest absolute Gasteiger partial charge is 0.330 e. The molecule has 0 aliphatic heterocycles. The van der Waals surface area contributed by atoms with E-state index in [2.05, 4.69) is 0 Å². The molecule has 0 aliphatic rings. The summed E-state index contributed by atoms with van der Waals surface area (Å²) in [5, 5.41) is 1.15. The number of ether oxygens (including phenoxy) is 2. The molecule has 1 aromatic carbocycles. The average molecular weight is 409 g/mol. The second-order valence-corrected chi connectivity index (χ2v) is 6.65. The second-order valence-electron chi connectivity index (χ2n) is 5.86. The molecule has 0 aliphatic carbocycles. The van der Waals surface area contributed by atoms with Crippen LogP contribution in [0.2, 0.25) is 10.0 Å². The summed E-state index contributed by atoms with van der Waals surface area (Å²) in [4.78, 5) is 11.4. The summed E-state index contributed by atoms with van der Waals surface area (Å²) in [6.07, 6.45) is 11.7. The van der Waals surface area contributed by atoms with Crippen molar-refractivity contribution in [2.45, 2.75) is 34.1 Å². The molecule has 0 amide bonds. The Hall–Kier alpha value is -1.97. The van der Waals surface area contributed by atoms with E-state index in [0.717, 1.165) is 28.7 Å². The Morgan fingerprint density at radius 3 is 2.44 bits per heavy atom. The van der Waals surface area contributed by atoms with Gasteiger partial charge >= 0.3 is 5.97 Å². The van der Waals surface area contributed by atoms with E-state index in [1.54, 1.807) is 20.1 Å². The van der Waals surface area contributed by atoms with Crippen molar-refractivity contribution in [3.63, 3.8) is 0 Å². The number of hydrogen-bond acceptors (Lipinski definition) is 3. The first kappa shape index (κ1) is 23.1. The maximum absolute atomic E-state index is 11.4. The summed E-state index contributed by atoms with van der Waals surface area (Å²) in [5.41, 5.74) is 3.53. The zero-order valence-corrected chi connectivity index (χ0v) is 17.9. The van der Waals surface area contributed by atoms with Gasteiger partial charge in [-0.2, -0.15) is 0 Å². The molecule has 1 rings (SSSR count). The zero-order valence-electron chi connectivity index (χ0n) is 16.4. The maximum Gasteiger partial charge on any atom is 0.330 e. The standard InChI is InChI=1S/C22H26Cl2O3/c1-6-17-20(26-5)14-19(23)18(22(17)24)12-11-15(3)9-8-10-16(4)13-21(25)27-7-2/h8-14H,6-7H2,1-5H3/b10-8+,12-11+,15-9+,16-13+. The van der Waals surface area contributed by atoms with Crippen LogP contribution in [-0.2, 0) is 16.0 Å². The lowest BCUT2D eigenvalue weighted by Gasteiger charge is -2.12. The number of carbonyl (C=O) groups excluding carboxylic acids is 1. The zero-order chi connectivity index (χ0) is 20.4. The molecule has 146 valence electrons. The van der Waals surface area contributed by atoms with E-state index in [1.165, 1.54) is 6.08 Å².